The summed E-state index contributed by atoms with van der Waals surface area (Å²) >= 11 is 0. The second-order valence-electron chi connectivity index (χ2n) is 6.86. The SMILES string of the molecule is CCCCC(CNC(C)(C)C)NC(C)(C)C. The molecule has 1 atom stereocenters. The normalized spacial score (nSPS) is 15.2. The highest BCUT2D eigenvalue weighted by Crippen LogP contribution is 2.08. The molecule has 0 aliphatic rings. The third kappa shape index (κ3) is 10.4. The van der Waals surface area contributed by atoms with E-state index in [1.807, 2.05) is 0 Å². The van der Waals surface area contributed by atoms with Gasteiger partial charge in [-0.15, -0.1) is 0 Å². The molecule has 0 saturated carbocycles. The first-order chi connectivity index (χ1) is 7.14. The van der Waals surface area contributed by atoms with E-state index < -0.39 is 0 Å². The van der Waals surface area contributed by atoms with E-state index in [1.54, 1.807) is 0 Å². The van der Waals surface area contributed by atoms with Gasteiger partial charge in [-0.3, -0.25) is 0 Å². The Morgan fingerprint density at radius 3 is 1.88 bits per heavy atom. The standard InChI is InChI=1S/C14H32N2/c1-8-9-10-12(16-14(5,6)7)11-15-13(2,3)4/h12,15-16H,8-11H2,1-7H3. The highest BCUT2D eigenvalue weighted by molar-refractivity contribution is 4.82. The van der Waals surface area contributed by atoms with Gasteiger partial charge in [0.1, 0.15) is 0 Å². The minimum Gasteiger partial charge on any atom is -0.311 e. The molecule has 0 saturated heterocycles. The molecular formula is C14H32N2. The molecule has 0 bridgehead atoms. The fourth-order valence-electron chi connectivity index (χ4n) is 1.72. The van der Waals surface area contributed by atoms with Crippen molar-refractivity contribution in [2.45, 2.75) is 84.8 Å². The lowest BCUT2D eigenvalue weighted by atomic mass is 10.0. The van der Waals surface area contributed by atoms with Crippen molar-refractivity contribution >= 4 is 0 Å². The van der Waals surface area contributed by atoms with E-state index in [2.05, 4.69) is 59.1 Å². The lowest BCUT2D eigenvalue weighted by Crippen LogP contribution is -2.51. The molecule has 2 nitrogen and oxygen atoms in total. The molecule has 2 heteroatoms. The van der Waals surface area contributed by atoms with E-state index in [9.17, 15) is 0 Å². The first-order valence-electron chi connectivity index (χ1n) is 6.67. The van der Waals surface area contributed by atoms with Crippen LogP contribution in [-0.2, 0) is 0 Å². The van der Waals surface area contributed by atoms with Crippen LogP contribution in [0.15, 0.2) is 0 Å². The summed E-state index contributed by atoms with van der Waals surface area (Å²) in [5.74, 6) is 0. The van der Waals surface area contributed by atoms with E-state index in [-0.39, 0.29) is 11.1 Å². The number of nitrogens with one attached hydrogen (secondary N) is 2. The molecule has 0 rings (SSSR count). The van der Waals surface area contributed by atoms with Crippen molar-refractivity contribution in [2.24, 2.45) is 0 Å². The van der Waals surface area contributed by atoms with Gasteiger partial charge in [-0.25, -0.2) is 0 Å². The van der Waals surface area contributed by atoms with Crippen LogP contribution in [0.5, 0.6) is 0 Å². The van der Waals surface area contributed by atoms with Crippen LogP contribution in [0.25, 0.3) is 0 Å². The predicted molar refractivity (Wildman–Crippen MR) is 74.0 cm³/mol. The van der Waals surface area contributed by atoms with Gasteiger partial charge < -0.3 is 10.6 Å². The highest BCUT2D eigenvalue weighted by Gasteiger charge is 2.18. The van der Waals surface area contributed by atoms with E-state index in [1.165, 1.54) is 19.3 Å². The number of hydrogen-bond donors (Lipinski definition) is 2. The van der Waals surface area contributed by atoms with E-state index in [0.29, 0.717) is 6.04 Å². The van der Waals surface area contributed by atoms with Crippen molar-refractivity contribution in [1.82, 2.24) is 10.6 Å². The van der Waals surface area contributed by atoms with Gasteiger partial charge >= 0.3 is 0 Å². The molecule has 16 heavy (non-hydrogen) atoms. The van der Waals surface area contributed by atoms with Crippen molar-refractivity contribution in [3.05, 3.63) is 0 Å². The molecule has 0 amide bonds. The van der Waals surface area contributed by atoms with Gasteiger partial charge in [0.25, 0.3) is 0 Å². The van der Waals surface area contributed by atoms with Gasteiger partial charge in [0.2, 0.25) is 0 Å². The largest absolute Gasteiger partial charge is 0.311 e. The van der Waals surface area contributed by atoms with Gasteiger partial charge in [-0.2, -0.15) is 0 Å². The van der Waals surface area contributed by atoms with Gasteiger partial charge in [-0.1, -0.05) is 19.8 Å². The van der Waals surface area contributed by atoms with Crippen LogP contribution in [0.3, 0.4) is 0 Å². The first-order valence-corrected chi connectivity index (χ1v) is 6.67. The lowest BCUT2D eigenvalue weighted by Gasteiger charge is -2.31. The maximum atomic E-state index is 3.70. The molecule has 1 unspecified atom stereocenters. The molecule has 0 spiro atoms. The summed E-state index contributed by atoms with van der Waals surface area (Å²) < 4.78 is 0. The lowest BCUT2D eigenvalue weighted by molar-refractivity contribution is 0.304. The fourth-order valence-corrected chi connectivity index (χ4v) is 1.72. The van der Waals surface area contributed by atoms with E-state index >= 15 is 0 Å². The Morgan fingerprint density at radius 2 is 1.50 bits per heavy atom. The van der Waals surface area contributed by atoms with Crippen molar-refractivity contribution in [2.75, 3.05) is 6.54 Å². The molecule has 0 aliphatic heterocycles. The Bertz CT molecular complexity index is 174. The second kappa shape index (κ2) is 6.61. The monoisotopic (exact) mass is 228 g/mol. The quantitative estimate of drug-likeness (QED) is 0.729. The zero-order valence-corrected chi connectivity index (χ0v) is 12.4. The van der Waals surface area contributed by atoms with Gasteiger partial charge in [0.15, 0.2) is 0 Å². The number of hydrogen-bond acceptors (Lipinski definition) is 2. The summed E-state index contributed by atoms with van der Waals surface area (Å²) in [6.07, 6.45) is 3.84. The average molecular weight is 228 g/mol. The zero-order valence-electron chi connectivity index (χ0n) is 12.4. The summed E-state index contributed by atoms with van der Waals surface area (Å²) in [4.78, 5) is 0. The average Bonchev–Trinajstić information content (AvgIpc) is 2.06. The van der Waals surface area contributed by atoms with Crippen LogP contribution in [0.4, 0.5) is 0 Å². The van der Waals surface area contributed by atoms with Crippen LogP contribution < -0.4 is 10.6 Å². The maximum absolute atomic E-state index is 3.70. The third-order valence-electron chi connectivity index (χ3n) is 2.42. The molecule has 0 aromatic heterocycles. The van der Waals surface area contributed by atoms with Crippen molar-refractivity contribution in [3.63, 3.8) is 0 Å². The van der Waals surface area contributed by atoms with Crippen LogP contribution in [0.2, 0.25) is 0 Å². The number of unbranched alkanes of at least 4 members (excludes halogenated alkanes) is 1. The van der Waals surface area contributed by atoms with E-state index in [4.69, 9.17) is 0 Å². The zero-order chi connectivity index (χ0) is 12.8. The minimum atomic E-state index is 0.206. The fraction of sp³-hybridized carbons (Fsp3) is 1.00. The van der Waals surface area contributed by atoms with Crippen LogP contribution >= 0.6 is 0 Å². The van der Waals surface area contributed by atoms with Crippen LogP contribution in [-0.4, -0.2) is 23.7 Å². The summed E-state index contributed by atoms with van der Waals surface area (Å²) in [5.41, 5.74) is 0.419. The van der Waals surface area contributed by atoms with Gasteiger partial charge in [-0.05, 0) is 48.0 Å². The van der Waals surface area contributed by atoms with Crippen LogP contribution in [0.1, 0.15) is 67.7 Å². The highest BCUT2D eigenvalue weighted by atomic mass is 15.0. The van der Waals surface area contributed by atoms with Crippen molar-refractivity contribution in [3.8, 4) is 0 Å². The molecule has 98 valence electrons. The topological polar surface area (TPSA) is 24.1 Å². The second-order valence-corrected chi connectivity index (χ2v) is 6.86. The smallest absolute Gasteiger partial charge is 0.0197 e. The van der Waals surface area contributed by atoms with Gasteiger partial charge in [0, 0.05) is 23.7 Å². The Morgan fingerprint density at radius 1 is 0.938 bits per heavy atom. The molecule has 0 aromatic carbocycles. The van der Waals surface area contributed by atoms with Crippen molar-refractivity contribution < 1.29 is 0 Å². The molecule has 0 radical (unpaired) electrons. The summed E-state index contributed by atoms with van der Waals surface area (Å²) in [7, 11) is 0. The molecule has 0 aliphatic carbocycles. The Kier molecular flexibility index (Phi) is 6.57. The Hall–Kier alpha value is -0.0800. The number of rotatable bonds is 6. The third-order valence-corrected chi connectivity index (χ3v) is 2.42. The summed E-state index contributed by atoms with van der Waals surface area (Å²) in [5, 5.41) is 7.29. The molecule has 2 N–H and O–H groups in total. The molecule has 0 aromatic rings. The first kappa shape index (κ1) is 15.9. The van der Waals surface area contributed by atoms with Crippen molar-refractivity contribution in [1.29, 1.82) is 0 Å². The minimum absolute atomic E-state index is 0.206. The summed E-state index contributed by atoms with van der Waals surface area (Å²) in [6.45, 7) is 16.7. The van der Waals surface area contributed by atoms with Gasteiger partial charge in [0.05, 0.1) is 0 Å². The predicted octanol–water partition coefficient (Wildman–Crippen LogP) is 3.32. The van der Waals surface area contributed by atoms with Crippen LogP contribution in [0, 0.1) is 0 Å². The Balaban J connectivity index is 4.10. The molecule has 0 heterocycles. The Labute approximate surface area is 103 Å². The molecular weight excluding hydrogens is 196 g/mol. The maximum Gasteiger partial charge on any atom is 0.0197 e. The summed E-state index contributed by atoms with van der Waals surface area (Å²) in [6, 6.07) is 0.583. The van der Waals surface area contributed by atoms with E-state index in [0.717, 1.165) is 6.54 Å². The molecule has 0 fully saturated rings.